The Morgan fingerprint density at radius 2 is 2.05 bits per heavy atom. The average molecular weight is 317 g/mol. The van der Waals surface area contributed by atoms with Crippen LogP contribution in [0.2, 0.25) is 0 Å². The van der Waals surface area contributed by atoms with Crippen LogP contribution in [-0.4, -0.2) is 17.0 Å². The summed E-state index contributed by atoms with van der Waals surface area (Å²) in [5.74, 6) is 0. The third kappa shape index (κ3) is 2.70. The van der Waals surface area contributed by atoms with Gasteiger partial charge in [-0.15, -0.1) is 11.3 Å². The van der Waals surface area contributed by atoms with E-state index in [-0.39, 0.29) is 10.6 Å². The van der Waals surface area contributed by atoms with E-state index in [9.17, 15) is 10.1 Å². The molecule has 5 nitrogen and oxygen atoms in total. The number of nitro groups is 1. The Morgan fingerprint density at radius 3 is 2.76 bits per heavy atom. The molecule has 0 fully saturated rings. The Kier molecular flexibility index (Phi) is 3.76. The summed E-state index contributed by atoms with van der Waals surface area (Å²) in [5.41, 5.74) is 1.51. The van der Waals surface area contributed by atoms with Crippen molar-refractivity contribution in [2.24, 2.45) is 0 Å². The van der Waals surface area contributed by atoms with Crippen LogP contribution >= 0.6 is 23.1 Å². The van der Waals surface area contributed by atoms with Gasteiger partial charge in [0.15, 0.2) is 4.34 Å². The Bertz CT molecular complexity index is 784. The number of fused-ring (bicyclic) bond motifs is 1. The number of aromatic nitrogens is 1. The molecule has 0 aliphatic heterocycles. The maximum absolute atomic E-state index is 11.3. The molecule has 21 heavy (non-hydrogen) atoms. The molecule has 0 saturated heterocycles. The zero-order chi connectivity index (χ0) is 14.8. The van der Waals surface area contributed by atoms with Gasteiger partial charge in [0.25, 0.3) is 0 Å². The Morgan fingerprint density at radius 1 is 1.24 bits per heavy atom. The van der Waals surface area contributed by atoms with E-state index < -0.39 is 0 Å². The third-order valence-corrected chi connectivity index (χ3v) is 5.07. The van der Waals surface area contributed by atoms with E-state index in [0.717, 1.165) is 14.6 Å². The fraction of sp³-hybridized carbons (Fsp3) is 0.0714. The lowest BCUT2D eigenvalue weighted by Gasteiger charge is -2.05. The predicted molar refractivity (Wildman–Crippen MR) is 86.4 cm³/mol. The summed E-state index contributed by atoms with van der Waals surface area (Å²) < 4.78 is 1.87. The van der Waals surface area contributed by atoms with E-state index in [1.807, 2.05) is 24.3 Å². The van der Waals surface area contributed by atoms with Crippen molar-refractivity contribution in [1.82, 2.24) is 4.98 Å². The van der Waals surface area contributed by atoms with Crippen LogP contribution in [0.3, 0.4) is 0 Å². The molecule has 0 bridgehead atoms. The summed E-state index contributed by atoms with van der Waals surface area (Å²) >= 11 is 2.86. The van der Waals surface area contributed by atoms with Crippen LogP contribution in [0.15, 0.2) is 51.7 Å². The van der Waals surface area contributed by atoms with Crippen LogP contribution in [0.4, 0.5) is 11.4 Å². The largest absolute Gasteiger partial charge is 0.383 e. The fourth-order valence-electron chi connectivity index (χ4n) is 1.98. The molecular formula is C14H11N3O2S2. The first-order valence-electron chi connectivity index (χ1n) is 6.17. The number of hydrogen-bond acceptors (Lipinski definition) is 6. The number of thiazole rings is 1. The molecule has 0 spiro atoms. The second-order valence-corrected chi connectivity index (χ2v) is 6.53. The monoisotopic (exact) mass is 317 g/mol. The van der Waals surface area contributed by atoms with E-state index in [4.69, 9.17) is 0 Å². The zero-order valence-electron chi connectivity index (χ0n) is 11.1. The van der Waals surface area contributed by atoms with Gasteiger partial charge in [0, 0.05) is 7.05 Å². The maximum atomic E-state index is 11.3. The quantitative estimate of drug-likeness (QED) is 0.570. The molecular weight excluding hydrogens is 306 g/mol. The molecule has 3 rings (SSSR count). The molecule has 0 amide bonds. The molecule has 2 aromatic carbocycles. The second-order valence-electron chi connectivity index (χ2n) is 4.21. The Hall–Kier alpha value is -2.12. The van der Waals surface area contributed by atoms with Crippen molar-refractivity contribution in [1.29, 1.82) is 0 Å². The lowest BCUT2D eigenvalue weighted by atomic mass is 10.3. The van der Waals surface area contributed by atoms with Crippen molar-refractivity contribution < 1.29 is 4.92 Å². The molecule has 0 saturated carbocycles. The van der Waals surface area contributed by atoms with Crippen LogP contribution < -0.4 is 5.32 Å². The van der Waals surface area contributed by atoms with Crippen LogP contribution in [-0.2, 0) is 0 Å². The summed E-state index contributed by atoms with van der Waals surface area (Å²) in [6, 6.07) is 13.1. The highest BCUT2D eigenvalue weighted by atomic mass is 32.2. The van der Waals surface area contributed by atoms with Gasteiger partial charge in [0.05, 0.1) is 20.0 Å². The average Bonchev–Trinajstić information content (AvgIpc) is 2.88. The molecule has 0 unspecified atom stereocenters. The van der Waals surface area contributed by atoms with Crippen LogP contribution in [0.25, 0.3) is 10.2 Å². The summed E-state index contributed by atoms with van der Waals surface area (Å²) in [7, 11) is 1.68. The molecule has 3 aromatic rings. The highest BCUT2D eigenvalue weighted by molar-refractivity contribution is 8.01. The lowest BCUT2D eigenvalue weighted by molar-refractivity contribution is -0.386. The van der Waals surface area contributed by atoms with E-state index >= 15 is 0 Å². The van der Waals surface area contributed by atoms with Gasteiger partial charge in [0.1, 0.15) is 5.69 Å². The summed E-state index contributed by atoms with van der Waals surface area (Å²) in [6.45, 7) is 0. The summed E-state index contributed by atoms with van der Waals surface area (Å²) in [5, 5.41) is 14.2. The van der Waals surface area contributed by atoms with Gasteiger partial charge in [-0.25, -0.2) is 4.98 Å². The molecule has 106 valence electrons. The Balaban J connectivity index is 2.03. The molecule has 7 heteroatoms. The second kappa shape index (κ2) is 5.71. The first kappa shape index (κ1) is 13.8. The lowest BCUT2D eigenvalue weighted by Crippen LogP contribution is -1.97. The van der Waals surface area contributed by atoms with E-state index in [2.05, 4.69) is 10.3 Å². The Labute approximate surface area is 129 Å². The van der Waals surface area contributed by atoms with Gasteiger partial charge < -0.3 is 5.32 Å². The molecule has 1 N–H and O–H groups in total. The van der Waals surface area contributed by atoms with Crippen molar-refractivity contribution in [3.63, 3.8) is 0 Å². The molecule has 0 atom stereocenters. The minimum atomic E-state index is -0.360. The van der Waals surface area contributed by atoms with Gasteiger partial charge in [-0.3, -0.25) is 10.1 Å². The molecule has 0 aliphatic rings. The SMILES string of the molecule is CNc1cccc(Sc2nc3ccccc3s2)c1[N+](=O)[O-]. The summed E-state index contributed by atoms with van der Waals surface area (Å²) in [6.07, 6.45) is 0. The predicted octanol–water partition coefficient (Wildman–Crippen LogP) is 4.40. The van der Waals surface area contributed by atoms with Gasteiger partial charge in [-0.05, 0) is 24.3 Å². The maximum Gasteiger partial charge on any atom is 0.306 e. The van der Waals surface area contributed by atoms with E-state index in [0.29, 0.717) is 10.6 Å². The number of anilines is 1. The zero-order valence-corrected chi connectivity index (χ0v) is 12.7. The topological polar surface area (TPSA) is 68.1 Å². The molecule has 0 aliphatic carbocycles. The number of nitrogens with one attached hydrogen (secondary N) is 1. The van der Waals surface area contributed by atoms with Crippen molar-refractivity contribution in [3.8, 4) is 0 Å². The van der Waals surface area contributed by atoms with Crippen LogP contribution in [0, 0.1) is 10.1 Å². The first-order valence-corrected chi connectivity index (χ1v) is 7.81. The van der Waals surface area contributed by atoms with Gasteiger partial charge in [0.2, 0.25) is 0 Å². The van der Waals surface area contributed by atoms with Crippen molar-refractivity contribution in [3.05, 3.63) is 52.6 Å². The van der Waals surface area contributed by atoms with Crippen molar-refractivity contribution in [2.75, 3.05) is 12.4 Å². The van der Waals surface area contributed by atoms with E-state index in [1.54, 1.807) is 25.2 Å². The minimum absolute atomic E-state index is 0.0873. The van der Waals surface area contributed by atoms with Crippen molar-refractivity contribution >= 4 is 44.7 Å². The van der Waals surface area contributed by atoms with Crippen molar-refractivity contribution in [2.45, 2.75) is 9.24 Å². The van der Waals surface area contributed by atoms with Crippen LogP contribution in [0.5, 0.6) is 0 Å². The minimum Gasteiger partial charge on any atom is -0.383 e. The third-order valence-electron chi connectivity index (χ3n) is 2.92. The molecule has 1 aromatic heterocycles. The standard InChI is InChI=1S/C14H11N3O2S2/c1-15-10-6-4-8-12(13(10)17(18)19)21-14-16-9-5-2-3-7-11(9)20-14/h2-8,15H,1H3. The van der Waals surface area contributed by atoms with Gasteiger partial charge >= 0.3 is 5.69 Å². The summed E-state index contributed by atoms with van der Waals surface area (Å²) in [4.78, 5) is 16.0. The number of nitro benzene ring substituents is 1. The number of benzene rings is 2. The van der Waals surface area contributed by atoms with Gasteiger partial charge in [-0.1, -0.05) is 30.0 Å². The normalized spacial score (nSPS) is 10.7. The highest BCUT2D eigenvalue weighted by Crippen LogP contribution is 2.41. The first-order chi connectivity index (χ1) is 10.2. The smallest absolute Gasteiger partial charge is 0.306 e. The highest BCUT2D eigenvalue weighted by Gasteiger charge is 2.20. The van der Waals surface area contributed by atoms with E-state index in [1.165, 1.54) is 23.1 Å². The number of rotatable bonds is 4. The van der Waals surface area contributed by atoms with Crippen LogP contribution in [0.1, 0.15) is 0 Å². The van der Waals surface area contributed by atoms with Gasteiger partial charge in [-0.2, -0.15) is 0 Å². The fourth-order valence-corrected chi connectivity index (χ4v) is 4.15. The molecule has 0 radical (unpaired) electrons. The number of nitrogens with zero attached hydrogens (tertiary/aromatic N) is 2. The molecule has 1 heterocycles. The number of para-hydroxylation sites is 2. The number of hydrogen-bond donors (Lipinski definition) is 1.